The van der Waals surface area contributed by atoms with Gasteiger partial charge in [0.1, 0.15) is 0 Å². The minimum atomic E-state index is -3.00. The summed E-state index contributed by atoms with van der Waals surface area (Å²) in [5.41, 5.74) is 0.937. The van der Waals surface area contributed by atoms with Gasteiger partial charge >= 0.3 is 0 Å². The summed E-state index contributed by atoms with van der Waals surface area (Å²) in [6.07, 6.45) is 2.40. The summed E-state index contributed by atoms with van der Waals surface area (Å²) in [5, 5.41) is 1.18. The fraction of sp³-hybridized carbons (Fsp3) is 0.588. The third-order valence-corrected chi connectivity index (χ3v) is 7.52. The summed E-state index contributed by atoms with van der Waals surface area (Å²) >= 11 is 13.5. The number of nitrogens with zero attached hydrogens (tertiary/aromatic N) is 1. The van der Waals surface area contributed by atoms with Gasteiger partial charge in [0.15, 0.2) is 9.84 Å². The molecule has 140 valence electrons. The van der Waals surface area contributed by atoms with Crippen LogP contribution < -0.4 is 0 Å². The molecule has 1 aromatic rings. The number of carbonyl (C=O) groups excluding carboxylic acids is 1. The number of rotatable bonds is 8. The maximum Gasteiger partial charge on any atom is 0.232 e. The standard InChI is InChI=1S/C17H23Cl2NO3S2/c1-2-3-7-20(15-6-8-25(22,23)12-15)17(21)11-24-10-13-4-5-14(18)9-16(13)19/h4-5,9,15H,2-3,6-8,10-12H2,1H3/t15-/m1/s1. The monoisotopic (exact) mass is 423 g/mol. The molecule has 25 heavy (non-hydrogen) atoms. The van der Waals surface area contributed by atoms with Crippen LogP contribution >= 0.6 is 35.0 Å². The Morgan fingerprint density at radius 1 is 1.36 bits per heavy atom. The quantitative estimate of drug-likeness (QED) is 0.632. The van der Waals surface area contributed by atoms with Gasteiger partial charge in [-0.3, -0.25) is 4.79 Å². The fourth-order valence-electron chi connectivity index (χ4n) is 2.83. The van der Waals surface area contributed by atoms with E-state index in [0.717, 1.165) is 18.4 Å². The second kappa shape index (κ2) is 9.49. The van der Waals surface area contributed by atoms with Gasteiger partial charge in [0.05, 0.1) is 17.3 Å². The van der Waals surface area contributed by atoms with Crippen molar-refractivity contribution in [3.8, 4) is 0 Å². The Labute approximate surface area is 164 Å². The second-order valence-electron chi connectivity index (χ2n) is 6.23. The van der Waals surface area contributed by atoms with E-state index in [2.05, 4.69) is 6.92 Å². The van der Waals surface area contributed by atoms with Gasteiger partial charge in [-0.05, 0) is 30.5 Å². The molecule has 8 heteroatoms. The van der Waals surface area contributed by atoms with Gasteiger partial charge in [-0.25, -0.2) is 8.42 Å². The lowest BCUT2D eigenvalue weighted by Crippen LogP contribution is -2.42. The van der Waals surface area contributed by atoms with E-state index >= 15 is 0 Å². The molecule has 1 amide bonds. The molecule has 0 aliphatic carbocycles. The number of unbranched alkanes of at least 4 members (excludes halogenated alkanes) is 1. The van der Waals surface area contributed by atoms with E-state index in [1.165, 1.54) is 11.8 Å². The molecule has 1 aliphatic rings. The molecule has 4 nitrogen and oxygen atoms in total. The van der Waals surface area contributed by atoms with Crippen molar-refractivity contribution in [2.75, 3.05) is 23.8 Å². The van der Waals surface area contributed by atoms with Crippen LogP contribution in [0.1, 0.15) is 31.7 Å². The largest absolute Gasteiger partial charge is 0.338 e. The summed E-state index contributed by atoms with van der Waals surface area (Å²) < 4.78 is 23.5. The van der Waals surface area contributed by atoms with Gasteiger partial charge in [0, 0.05) is 28.4 Å². The van der Waals surface area contributed by atoms with E-state index in [4.69, 9.17) is 23.2 Å². The summed E-state index contributed by atoms with van der Waals surface area (Å²) in [7, 11) is -3.00. The minimum Gasteiger partial charge on any atom is -0.338 e. The average molecular weight is 424 g/mol. The first-order valence-corrected chi connectivity index (χ1v) is 12.1. The first-order chi connectivity index (χ1) is 11.8. The minimum absolute atomic E-state index is 0.00522. The Bertz CT molecular complexity index is 710. The Hall–Kier alpha value is -0.430. The fourth-order valence-corrected chi connectivity index (χ4v) is 6.03. The van der Waals surface area contributed by atoms with E-state index < -0.39 is 9.84 Å². The molecule has 0 N–H and O–H groups in total. The van der Waals surface area contributed by atoms with Crippen molar-refractivity contribution in [3.05, 3.63) is 33.8 Å². The SMILES string of the molecule is CCCCN(C(=O)CSCc1ccc(Cl)cc1Cl)[C@@H]1CCS(=O)(=O)C1. The van der Waals surface area contributed by atoms with Crippen LogP contribution in [0.15, 0.2) is 18.2 Å². The van der Waals surface area contributed by atoms with Crippen LogP contribution in [0.4, 0.5) is 0 Å². The Morgan fingerprint density at radius 3 is 2.72 bits per heavy atom. The zero-order chi connectivity index (χ0) is 18.4. The molecule has 0 bridgehead atoms. The molecule has 1 heterocycles. The van der Waals surface area contributed by atoms with E-state index in [1.54, 1.807) is 17.0 Å². The van der Waals surface area contributed by atoms with Crippen LogP contribution in [0.5, 0.6) is 0 Å². The lowest BCUT2D eigenvalue weighted by molar-refractivity contribution is -0.130. The Kier molecular flexibility index (Phi) is 7.92. The third-order valence-electron chi connectivity index (χ3n) is 4.22. The molecule has 1 aliphatic heterocycles. The van der Waals surface area contributed by atoms with Crippen LogP contribution in [0.3, 0.4) is 0 Å². The normalized spacial score (nSPS) is 19.1. The number of carbonyl (C=O) groups is 1. The van der Waals surface area contributed by atoms with Crippen LogP contribution in [-0.4, -0.2) is 49.1 Å². The Morgan fingerprint density at radius 2 is 2.12 bits per heavy atom. The van der Waals surface area contributed by atoms with Crippen LogP contribution in [-0.2, 0) is 20.4 Å². The van der Waals surface area contributed by atoms with Gasteiger partial charge < -0.3 is 4.90 Å². The van der Waals surface area contributed by atoms with Crippen molar-refractivity contribution in [2.24, 2.45) is 0 Å². The molecule has 0 aromatic heterocycles. The number of thioether (sulfide) groups is 1. The summed E-state index contributed by atoms with van der Waals surface area (Å²) in [6, 6.07) is 5.16. The number of hydrogen-bond acceptors (Lipinski definition) is 4. The van der Waals surface area contributed by atoms with Crippen LogP contribution in [0, 0.1) is 0 Å². The maximum absolute atomic E-state index is 12.6. The zero-order valence-corrected chi connectivity index (χ0v) is 17.4. The van der Waals surface area contributed by atoms with Gasteiger partial charge in [0.2, 0.25) is 5.91 Å². The first-order valence-electron chi connectivity index (χ1n) is 8.34. The zero-order valence-electron chi connectivity index (χ0n) is 14.2. The molecule has 0 unspecified atom stereocenters. The van der Waals surface area contributed by atoms with Crippen LogP contribution in [0.25, 0.3) is 0 Å². The Balaban J connectivity index is 1.92. The lowest BCUT2D eigenvalue weighted by atomic mass is 10.2. The number of halogens is 2. The molecule has 1 aromatic carbocycles. The van der Waals surface area contributed by atoms with E-state index in [9.17, 15) is 13.2 Å². The molecule has 0 spiro atoms. The smallest absolute Gasteiger partial charge is 0.232 e. The predicted octanol–water partition coefficient (Wildman–Crippen LogP) is 4.04. The van der Waals surface area contributed by atoms with Crippen LogP contribution in [0.2, 0.25) is 10.0 Å². The number of hydrogen-bond donors (Lipinski definition) is 0. The number of sulfone groups is 1. The average Bonchev–Trinajstić information content (AvgIpc) is 2.89. The van der Waals surface area contributed by atoms with Gasteiger partial charge in [-0.1, -0.05) is 42.6 Å². The molecule has 2 rings (SSSR count). The van der Waals surface area contributed by atoms with E-state index in [1.807, 2.05) is 6.07 Å². The van der Waals surface area contributed by atoms with Gasteiger partial charge in [-0.2, -0.15) is 0 Å². The van der Waals surface area contributed by atoms with Gasteiger partial charge in [0.25, 0.3) is 0 Å². The summed E-state index contributed by atoms with van der Waals surface area (Å²) in [6.45, 7) is 2.68. The lowest BCUT2D eigenvalue weighted by Gasteiger charge is -2.28. The highest BCUT2D eigenvalue weighted by Gasteiger charge is 2.34. The third kappa shape index (κ3) is 6.35. The van der Waals surface area contributed by atoms with Crippen molar-refractivity contribution in [2.45, 2.75) is 38.0 Å². The second-order valence-corrected chi connectivity index (χ2v) is 10.3. The molecule has 1 saturated heterocycles. The topological polar surface area (TPSA) is 54.5 Å². The summed E-state index contributed by atoms with van der Waals surface area (Å²) in [5.74, 6) is 1.22. The summed E-state index contributed by atoms with van der Waals surface area (Å²) in [4.78, 5) is 14.4. The van der Waals surface area contributed by atoms with Crippen molar-refractivity contribution in [1.82, 2.24) is 4.90 Å². The van der Waals surface area contributed by atoms with E-state index in [-0.39, 0.29) is 23.5 Å². The highest BCUT2D eigenvalue weighted by molar-refractivity contribution is 7.99. The molecule has 1 fully saturated rings. The highest BCUT2D eigenvalue weighted by atomic mass is 35.5. The highest BCUT2D eigenvalue weighted by Crippen LogP contribution is 2.25. The van der Waals surface area contributed by atoms with E-state index in [0.29, 0.717) is 34.5 Å². The van der Waals surface area contributed by atoms with Crippen molar-refractivity contribution in [1.29, 1.82) is 0 Å². The molecule has 1 atom stereocenters. The maximum atomic E-state index is 12.6. The molecular weight excluding hydrogens is 401 g/mol. The van der Waals surface area contributed by atoms with Crippen molar-refractivity contribution < 1.29 is 13.2 Å². The molecular formula is C17H23Cl2NO3S2. The van der Waals surface area contributed by atoms with Crippen molar-refractivity contribution >= 4 is 50.7 Å². The predicted molar refractivity (Wildman–Crippen MR) is 106 cm³/mol. The number of amides is 1. The number of benzene rings is 1. The first kappa shape index (κ1) is 20.9. The van der Waals surface area contributed by atoms with Gasteiger partial charge in [-0.15, -0.1) is 11.8 Å². The molecule has 0 saturated carbocycles. The molecule has 0 radical (unpaired) electrons. The van der Waals surface area contributed by atoms with Crippen molar-refractivity contribution in [3.63, 3.8) is 0 Å².